The van der Waals surface area contributed by atoms with Gasteiger partial charge in [-0.1, -0.05) is 30.3 Å². The molecule has 2 atom stereocenters. The smallest absolute Gasteiger partial charge is 0.227 e. The number of nitrogen functional groups attached to an aromatic ring is 1. The predicted molar refractivity (Wildman–Crippen MR) is 95.9 cm³/mol. The zero-order chi connectivity index (χ0) is 17.3. The second-order valence-corrected chi connectivity index (χ2v) is 7.06. The van der Waals surface area contributed by atoms with Crippen LogP contribution < -0.4 is 15.8 Å². The van der Waals surface area contributed by atoms with Crippen LogP contribution >= 0.6 is 0 Å². The highest BCUT2D eigenvalue weighted by Crippen LogP contribution is 2.40. The summed E-state index contributed by atoms with van der Waals surface area (Å²) in [6, 6.07) is 15.3. The van der Waals surface area contributed by atoms with Crippen molar-refractivity contribution in [2.45, 2.75) is 44.8 Å². The number of amides is 1. The van der Waals surface area contributed by atoms with Crippen molar-refractivity contribution in [1.82, 2.24) is 5.32 Å². The number of nitrogens with one attached hydrogen (secondary N) is 1. The number of hydrogen-bond acceptors (Lipinski definition) is 3. The second kappa shape index (κ2) is 6.19. The van der Waals surface area contributed by atoms with E-state index in [1.165, 1.54) is 0 Å². The fourth-order valence-electron chi connectivity index (χ4n) is 3.19. The van der Waals surface area contributed by atoms with E-state index in [9.17, 15) is 4.79 Å². The Morgan fingerprint density at radius 1 is 1.25 bits per heavy atom. The lowest BCUT2D eigenvalue weighted by atomic mass is 9.88. The van der Waals surface area contributed by atoms with E-state index in [0.29, 0.717) is 12.1 Å². The molecule has 2 aromatic carbocycles. The van der Waals surface area contributed by atoms with Crippen LogP contribution in [0.15, 0.2) is 48.5 Å². The van der Waals surface area contributed by atoms with E-state index in [1.54, 1.807) is 0 Å². The second-order valence-electron chi connectivity index (χ2n) is 7.06. The molecule has 3 N–H and O–H groups in total. The van der Waals surface area contributed by atoms with Crippen LogP contribution in [0.25, 0.3) is 0 Å². The first-order valence-electron chi connectivity index (χ1n) is 8.29. The van der Waals surface area contributed by atoms with Crippen LogP contribution in [0, 0.1) is 0 Å². The molecule has 3 rings (SSSR count). The zero-order valence-corrected chi connectivity index (χ0v) is 14.4. The first kappa shape index (κ1) is 16.4. The van der Waals surface area contributed by atoms with Crippen molar-refractivity contribution in [3.05, 3.63) is 59.7 Å². The van der Waals surface area contributed by atoms with Gasteiger partial charge in [-0.25, -0.2) is 0 Å². The SMILES string of the molecule is CC(C(=O)NC1CC(C)(C)Oc2ccc(N)cc21)c1ccccc1. The number of carbonyl (C=O) groups excluding carboxylic acids is 1. The molecule has 1 heterocycles. The third-order valence-electron chi connectivity index (χ3n) is 4.50. The van der Waals surface area contributed by atoms with Crippen LogP contribution in [-0.4, -0.2) is 11.5 Å². The summed E-state index contributed by atoms with van der Waals surface area (Å²) in [7, 11) is 0. The molecular formula is C20H24N2O2. The normalized spacial score (nSPS) is 19.7. The third kappa shape index (κ3) is 3.37. The van der Waals surface area contributed by atoms with Gasteiger partial charge in [-0.2, -0.15) is 0 Å². The van der Waals surface area contributed by atoms with Crippen molar-refractivity contribution in [3.8, 4) is 5.75 Å². The van der Waals surface area contributed by atoms with Gasteiger partial charge in [0.15, 0.2) is 0 Å². The van der Waals surface area contributed by atoms with Crippen LogP contribution in [0.4, 0.5) is 5.69 Å². The van der Waals surface area contributed by atoms with Gasteiger partial charge >= 0.3 is 0 Å². The summed E-state index contributed by atoms with van der Waals surface area (Å²) in [6.45, 7) is 5.99. The van der Waals surface area contributed by atoms with Crippen molar-refractivity contribution in [3.63, 3.8) is 0 Å². The summed E-state index contributed by atoms with van der Waals surface area (Å²) in [5.74, 6) is 0.594. The van der Waals surface area contributed by atoms with Crippen LogP contribution in [0.1, 0.15) is 50.3 Å². The van der Waals surface area contributed by atoms with E-state index in [4.69, 9.17) is 10.5 Å². The number of rotatable bonds is 3. The van der Waals surface area contributed by atoms with E-state index in [1.807, 2.05) is 69.3 Å². The molecule has 24 heavy (non-hydrogen) atoms. The first-order chi connectivity index (χ1) is 11.4. The summed E-state index contributed by atoms with van der Waals surface area (Å²) in [5, 5.41) is 3.18. The molecule has 0 bridgehead atoms. The minimum Gasteiger partial charge on any atom is -0.487 e. The van der Waals surface area contributed by atoms with Gasteiger partial charge in [0.25, 0.3) is 0 Å². The Bertz CT molecular complexity index is 741. The highest BCUT2D eigenvalue weighted by atomic mass is 16.5. The Labute approximate surface area is 143 Å². The predicted octanol–water partition coefficient (Wildman–Crippen LogP) is 3.79. The van der Waals surface area contributed by atoms with Gasteiger partial charge in [-0.15, -0.1) is 0 Å². The Morgan fingerprint density at radius 3 is 2.67 bits per heavy atom. The topological polar surface area (TPSA) is 64.3 Å². The monoisotopic (exact) mass is 324 g/mol. The van der Waals surface area contributed by atoms with Gasteiger partial charge in [0.2, 0.25) is 5.91 Å². The highest BCUT2D eigenvalue weighted by Gasteiger charge is 2.35. The van der Waals surface area contributed by atoms with Gasteiger partial charge in [-0.05, 0) is 44.5 Å². The molecular weight excluding hydrogens is 300 g/mol. The fraction of sp³-hybridized carbons (Fsp3) is 0.350. The molecule has 0 radical (unpaired) electrons. The molecule has 0 saturated heterocycles. The van der Waals surface area contributed by atoms with Crippen LogP contribution in [0.2, 0.25) is 0 Å². The minimum atomic E-state index is -0.336. The molecule has 2 unspecified atom stereocenters. The molecule has 1 aliphatic rings. The number of fused-ring (bicyclic) bond motifs is 1. The summed E-state index contributed by atoms with van der Waals surface area (Å²) < 4.78 is 6.02. The standard InChI is InChI=1S/C20H24N2O2/c1-13(14-7-5-4-6-8-14)19(23)22-17-12-20(2,3)24-18-10-9-15(21)11-16(17)18/h4-11,13,17H,12,21H2,1-3H3,(H,22,23). The lowest BCUT2D eigenvalue weighted by molar-refractivity contribution is -0.123. The molecule has 0 saturated carbocycles. The van der Waals surface area contributed by atoms with E-state index in [-0.39, 0.29) is 23.5 Å². The maximum atomic E-state index is 12.7. The minimum absolute atomic E-state index is 0.0114. The van der Waals surface area contributed by atoms with Crippen molar-refractivity contribution in [1.29, 1.82) is 0 Å². The lowest BCUT2D eigenvalue weighted by Gasteiger charge is -2.38. The summed E-state index contributed by atoms with van der Waals surface area (Å²) in [5.41, 5.74) is 8.22. The molecule has 0 aromatic heterocycles. The number of benzene rings is 2. The fourth-order valence-corrected chi connectivity index (χ4v) is 3.19. The molecule has 1 aliphatic heterocycles. The summed E-state index contributed by atoms with van der Waals surface area (Å²) in [6.07, 6.45) is 0.705. The highest BCUT2D eigenvalue weighted by molar-refractivity contribution is 5.83. The molecule has 4 nitrogen and oxygen atoms in total. The Morgan fingerprint density at radius 2 is 1.96 bits per heavy atom. The maximum Gasteiger partial charge on any atom is 0.227 e. The van der Waals surface area contributed by atoms with Crippen molar-refractivity contribution < 1.29 is 9.53 Å². The number of nitrogens with two attached hydrogens (primary N) is 1. The molecule has 2 aromatic rings. The van der Waals surface area contributed by atoms with Gasteiger partial charge < -0.3 is 15.8 Å². The number of hydrogen-bond donors (Lipinski definition) is 2. The average molecular weight is 324 g/mol. The van der Waals surface area contributed by atoms with Crippen LogP contribution in [-0.2, 0) is 4.79 Å². The largest absolute Gasteiger partial charge is 0.487 e. The molecule has 126 valence electrons. The number of anilines is 1. The molecule has 4 heteroatoms. The van der Waals surface area contributed by atoms with Gasteiger partial charge in [0.05, 0.1) is 12.0 Å². The van der Waals surface area contributed by atoms with E-state index in [2.05, 4.69) is 5.32 Å². The number of ether oxygens (including phenoxy) is 1. The van der Waals surface area contributed by atoms with E-state index < -0.39 is 0 Å². The van der Waals surface area contributed by atoms with Gasteiger partial charge in [0, 0.05) is 17.7 Å². The molecule has 0 spiro atoms. The van der Waals surface area contributed by atoms with E-state index in [0.717, 1.165) is 16.9 Å². The van der Waals surface area contributed by atoms with Crippen molar-refractivity contribution in [2.24, 2.45) is 0 Å². The number of carbonyl (C=O) groups is 1. The molecule has 0 fully saturated rings. The maximum absolute atomic E-state index is 12.7. The van der Waals surface area contributed by atoms with Crippen molar-refractivity contribution in [2.75, 3.05) is 5.73 Å². The summed E-state index contributed by atoms with van der Waals surface area (Å²) >= 11 is 0. The lowest BCUT2D eigenvalue weighted by Crippen LogP contribution is -2.42. The van der Waals surface area contributed by atoms with Crippen LogP contribution in [0.3, 0.4) is 0 Å². The molecule has 0 aliphatic carbocycles. The third-order valence-corrected chi connectivity index (χ3v) is 4.50. The van der Waals surface area contributed by atoms with Gasteiger partial charge in [-0.3, -0.25) is 4.79 Å². The van der Waals surface area contributed by atoms with Gasteiger partial charge in [0.1, 0.15) is 11.4 Å². The average Bonchev–Trinajstić information content (AvgIpc) is 2.55. The Hall–Kier alpha value is -2.49. The Kier molecular flexibility index (Phi) is 4.22. The first-order valence-corrected chi connectivity index (χ1v) is 8.29. The van der Waals surface area contributed by atoms with E-state index >= 15 is 0 Å². The quantitative estimate of drug-likeness (QED) is 0.844. The Balaban J connectivity index is 1.84. The molecule has 1 amide bonds. The zero-order valence-electron chi connectivity index (χ0n) is 14.4. The van der Waals surface area contributed by atoms with Crippen LogP contribution in [0.5, 0.6) is 5.75 Å². The van der Waals surface area contributed by atoms with Crippen molar-refractivity contribution >= 4 is 11.6 Å². The summed E-state index contributed by atoms with van der Waals surface area (Å²) in [4.78, 5) is 12.7.